The van der Waals surface area contributed by atoms with E-state index in [0.29, 0.717) is 12.1 Å². The van der Waals surface area contributed by atoms with Crippen molar-refractivity contribution in [3.63, 3.8) is 0 Å². The molecule has 2 aromatic carbocycles. The van der Waals surface area contributed by atoms with Crippen molar-refractivity contribution in [2.75, 3.05) is 6.54 Å². The molecule has 0 saturated carbocycles. The summed E-state index contributed by atoms with van der Waals surface area (Å²) in [5.74, 6) is -0.215. The number of phenolic OH excluding ortho intramolecular Hbond substituents is 1. The van der Waals surface area contributed by atoms with Gasteiger partial charge in [-0.05, 0) is 49.1 Å². The largest absolute Gasteiger partial charge is 0.507 e. The van der Waals surface area contributed by atoms with Crippen LogP contribution in [-0.2, 0) is 6.42 Å². The first-order valence-corrected chi connectivity index (χ1v) is 8.92. The average molecular weight is 340 g/mol. The van der Waals surface area contributed by atoms with Gasteiger partial charge in [-0.1, -0.05) is 24.3 Å². The molecule has 0 atom stereocenters. The Morgan fingerprint density at radius 1 is 1.21 bits per heavy atom. The highest BCUT2D eigenvalue weighted by atomic mass is 32.1. The number of fused-ring (bicyclic) bond motifs is 1. The summed E-state index contributed by atoms with van der Waals surface area (Å²) >= 11 is 1.68. The number of amides is 1. The lowest BCUT2D eigenvalue weighted by Crippen LogP contribution is -2.24. The normalized spacial score (nSPS) is 10.9. The summed E-state index contributed by atoms with van der Waals surface area (Å²) in [4.78, 5) is 16.7. The van der Waals surface area contributed by atoms with Crippen molar-refractivity contribution in [2.24, 2.45) is 0 Å². The molecule has 0 radical (unpaired) electrons. The first-order valence-electron chi connectivity index (χ1n) is 8.04. The zero-order valence-corrected chi connectivity index (χ0v) is 14.4. The second-order valence-corrected chi connectivity index (χ2v) is 6.75. The Morgan fingerprint density at radius 2 is 1.96 bits per heavy atom. The third-order valence-electron chi connectivity index (χ3n) is 3.88. The summed E-state index contributed by atoms with van der Waals surface area (Å²) in [6, 6.07) is 11.0. The van der Waals surface area contributed by atoms with Crippen LogP contribution < -0.4 is 5.32 Å². The fourth-order valence-corrected chi connectivity index (χ4v) is 3.44. The minimum absolute atomic E-state index is 0.0180. The average Bonchev–Trinajstić information content (AvgIpc) is 2.99. The molecule has 0 bridgehead atoms. The number of nitrogens with zero attached hydrogens (tertiary/aromatic N) is 1. The molecule has 0 spiro atoms. The van der Waals surface area contributed by atoms with E-state index in [0.717, 1.165) is 40.7 Å². The van der Waals surface area contributed by atoms with Crippen molar-refractivity contribution < 1.29 is 9.90 Å². The van der Waals surface area contributed by atoms with E-state index in [1.165, 1.54) is 0 Å². The number of thiazole rings is 1. The molecule has 0 aliphatic rings. The molecule has 0 fully saturated rings. The molecule has 4 nitrogen and oxygen atoms in total. The number of hydrogen-bond donors (Lipinski definition) is 2. The van der Waals surface area contributed by atoms with Gasteiger partial charge < -0.3 is 10.4 Å². The third kappa shape index (κ3) is 3.92. The van der Waals surface area contributed by atoms with Crippen molar-refractivity contribution >= 4 is 28.0 Å². The van der Waals surface area contributed by atoms with Crippen LogP contribution in [0.5, 0.6) is 5.75 Å². The Hall–Kier alpha value is -2.40. The standard InChI is InChI=1S/C19H20N2O2S/c1-13-12-24-18(21-13)8-4-5-9-20-19(23)16-10-14-6-2-3-7-15(14)11-17(16)22/h2-3,6-7,10-12,22H,4-5,8-9H2,1H3,(H,20,23). The number of carbonyl (C=O) groups is 1. The van der Waals surface area contributed by atoms with E-state index in [4.69, 9.17) is 0 Å². The van der Waals surface area contributed by atoms with Crippen LogP contribution in [-0.4, -0.2) is 22.5 Å². The zero-order chi connectivity index (χ0) is 16.9. The minimum Gasteiger partial charge on any atom is -0.507 e. The van der Waals surface area contributed by atoms with Crippen molar-refractivity contribution in [1.29, 1.82) is 0 Å². The maximum atomic E-state index is 12.3. The Kier molecular flexibility index (Phi) is 5.11. The molecule has 5 heteroatoms. The maximum Gasteiger partial charge on any atom is 0.255 e. The predicted octanol–water partition coefficient (Wildman–Crippen LogP) is 4.06. The van der Waals surface area contributed by atoms with Gasteiger partial charge in [0.2, 0.25) is 0 Å². The molecule has 0 unspecified atom stereocenters. The third-order valence-corrected chi connectivity index (χ3v) is 4.90. The number of nitrogens with one attached hydrogen (secondary N) is 1. The van der Waals surface area contributed by atoms with Crippen molar-refractivity contribution in [3.8, 4) is 5.75 Å². The molecule has 0 saturated heterocycles. The van der Waals surface area contributed by atoms with Gasteiger partial charge in [0.15, 0.2) is 0 Å². The van der Waals surface area contributed by atoms with Gasteiger partial charge in [0, 0.05) is 17.6 Å². The van der Waals surface area contributed by atoms with Crippen LogP contribution in [0.15, 0.2) is 41.8 Å². The van der Waals surface area contributed by atoms with Gasteiger partial charge in [0.1, 0.15) is 5.75 Å². The number of rotatable bonds is 6. The summed E-state index contributed by atoms with van der Waals surface area (Å²) in [5, 5.41) is 18.0. The van der Waals surface area contributed by atoms with E-state index in [-0.39, 0.29) is 11.7 Å². The van der Waals surface area contributed by atoms with Gasteiger partial charge in [-0.25, -0.2) is 4.98 Å². The van der Waals surface area contributed by atoms with Crippen molar-refractivity contribution in [1.82, 2.24) is 10.3 Å². The monoisotopic (exact) mass is 340 g/mol. The Labute approximate surface area is 145 Å². The molecular weight excluding hydrogens is 320 g/mol. The van der Waals surface area contributed by atoms with Crippen LogP contribution in [0.25, 0.3) is 10.8 Å². The second-order valence-electron chi connectivity index (χ2n) is 5.81. The molecule has 0 aliphatic carbocycles. The van der Waals surface area contributed by atoms with Gasteiger partial charge in [-0.15, -0.1) is 11.3 Å². The molecule has 1 amide bonds. The van der Waals surface area contributed by atoms with E-state index < -0.39 is 0 Å². The molecule has 3 aromatic rings. The fourth-order valence-electron chi connectivity index (χ4n) is 2.63. The number of hydrogen-bond acceptors (Lipinski definition) is 4. The zero-order valence-electron chi connectivity index (χ0n) is 13.6. The van der Waals surface area contributed by atoms with E-state index in [2.05, 4.69) is 15.7 Å². The number of phenols is 1. The number of carbonyl (C=O) groups excluding carboxylic acids is 1. The summed E-state index contributed by atoms with van der Waals surface area (Å²) in [7, 11) is 0. The van der Waals surface area contributed by atoms with Gasteiger partial charge in [-0.2, -0.15) is 0 Å². The van der Waals surface area contributed by atoms with Crippen LogP contribution in [0.2, 0.25) is 0 Å². The quantitative estimate of drug-likeness (QED) is 0.665. The number of aromatic nitrogens is 1. The molecule has 124 valence electrons. The van der Waals surface area contributed by atoms with Crippen molar-refractivity contribution in [3.05, 3.63) is 58.0 Å². The number of benzene rings is 2. The van der Waals surface area contributed by atoms with Gasteiger partial charge in [0.25, 0.3) is 5.91 Å². The van der Waals surface area contributed by atoms with Crippen LogP contribution in [0.1, 0.15) is 33.9 Å². The highest BCUT2D eigenvalue weighted by Gasteiger charge is 2.11. The SMILES string of the molecule is Cc1csc(CCCCNC(=O)c2cc3ccccc3cc2O)n1. The first kappa shape index (κ1) is 16.5. The summed E-state index contributed by atoms with van der Waals surface area (Å²) in [6.07, 6.45) is 2.81. The van der Waals surface area contributed by atoms with Gasteiger partial charge >= 0.3 is 0 Å². The van der Waals surface area contributed by atoms with Gasteiger partial charge in [-0.3, -0.25) is 4.79 Å². The predicted molar refractivity (Wildman–Crippen MR) is 97.7 cm³/mol. The van der Waals surface area contributed by atoms with Crippen LogP contribution in [0.3, 0.4) is 0 Å². The van der Waals surface area contributed by atoms with Crippen LogP contribution in [0.4, 0.5) is 0 Å². The number of aromatic hydroxyl groups is 1. The maximum absolute atomic E-state index is 12.3. The smallest absolute Gasteiger partial charge is 0.255 e. The lowest BCUT2D eigenvalue weighted by molar-refractivity contribution is 0.0950. The second kappa shape index (κ2) is 7.45. The van der Waals surface area contributed by atoms with E-state index in [1.54, 1.807) is 23.5 Å². The highest BCUT2D eigenvalue weighted by Crippen LogP contribution is 2.24. The minimum atomic E-state index is -0.233. The Balaban J connectivity index is 1.52. The lowest BCUT2D eigenvalue weighted by Gasteiger charge is -2.08. The fraction of sp³-hybridized carbons (Fsp3) is 0.263. The van der Waals surface area contributed by atoms with Crippen LogP contribution in [0, 0.1) is 6.92 Å². The number of unbranched alkanes of at least 4 members (excludes halogenated alkanes) is 1. The molecular formula is C19H20N2O2S. The summed E-state index contributed by atoms with van der Waals surface area (Å²) in [5.41, 5.74) is 1.39. The first-order chi connectivity index (χ1) is 11.6. The van der Waals surface area contributed by atoms with Crippen molar-refractivity contribution in [2.45, 2.75) is 26.2 Å². The molecule has 3 rings (SSSR count). The Bertz CT molecular complexity index is 857. The molecule has 2 N–H and O–H groups in total. The molecule has 1 aromatic heterocycles. The summed E-state index contributed by atoms with van der Waals surface area (Å²) < 4.78 is 0. The molecule has 0 aliphatic heterocycles. The molecule has 1 heterocycles. The summed E-state index contributed by atoms with van der Waals surface area (Å²) in [6.45, 7) is 2.59. The van der Waals surface area contributed by atoms with E-state index in [9.17, 15) is 9.90 Å². The number of aryl methyl sites for hydroxylation is 2. The van der Waals surface area contributed by atoms with E-state index in [1.807, 2.05) is 31.2 Å². The highest BCUT2D eigenvalue weighted by molar-refractivity contribution is 7.09. The Morgan fingerprint density at radius 3 is 2.67 bits per heavy atom. The topological polar surface area (TPSA) is 62.2 Å². The van der Waals surface area contributed by atoms with Gasteiger partial charge in [0.05, 0.1) is 10.6 Å². The lowest BCUT2D eigenvalue weighted by atomic mass is 10.1. The van der Waals surface area contributed by atoms with E-state index >= 15 is 0 Å². The van der Waals surface area contributed by atoms with Crippen LogP contribution >= 0.6 is 11.3 Å². The molecule has 24 heavy (non-hydrogen) atoms.